The van der Waals surface area contributed by atoms with E-state index < -0.39 is 59.6 Å². The molecule has 0 spiro atoms. The minimum atomic E-state index is -1.00. The number of hydrogen-bond acceptors (Lipinski definition) is 8. The predicted octanol–water partition coefficient (Wildman–Crippen LogP) is 3.54. The molecule has 4 heterocycles. The maximum absolute atomic E-state index is 14.3. The third-order valence-corrected chi connectivity index (χ3v) is 9.22. The number of benzene rings is 4. The number of phenolic OH excluding ortho intramolecular Hbond substituents is 2. The highest BCUT2D eigenvalue weighted by Gasteiger charge is 2.73. The number of carbonyl (C=O) groups is 4. The van der Waals surface area contributed by atoms with E-state index in [1.54, 1.807) is 94.9 Å². The number of imide groups is 2. The zero-order valence-corrected chi connectivity index (χ0v) is 23.2. The third kappa shape index (κ3) is 3.55. The van der Waals surface area contributed by atoms with E-state index in [2.05, 4.69) is 0 Å². The van der Waals surface area contributed by atoms with Crippen molar-refractivity contribution in [2.24, 2.45) is 11.8 Å². The Morgan fingerprint density at radius 2 is 0.750 bits per heavy atom. The molecule has 0 saturated carbocycles. The van der Waals surface area contributed by atoms with Gasteiger partial charge in [-0.25, -0.2) is 19.8 Å². The van der Waals surface area contributed by atoms with Crippen LogP contribution in [0.4, 0.5) is 11.4 Å². The van der Waals surface area contributed by atoms with E-state index in [1.165, 1.54) is 34.1 Å². The van der Waals surface area contributed by atoms with Crippen LogP contribution in [0.2, 0.25) is 0 Å². The summed E-state index contributed by atoms with van der Waals surface area (Å²) in [5.41, 5.74) is 2.13. The topological polar surface area (TPSA) is 122 Å². The van der Waals surface area contributed by atoms with Gasteiger partial charge in [-0.05, 0) is 59.7 Å². The van der Waals surface area contributed by atoms with Gasteiger partial charge in [0.15, 0.2) is 0 Å². The first-order chi connectivity index (χ1) is 21.4. The van der Waals surface area contributed by atoms with Crippen molar-refractivity contribution in [3.05, 3.63) is 120 Å². The SMILES string of the molecule is O=C1C2C(C(=O)N1c1ccccc1)N1C(c3ccc(O)cc3)C3C(=O)N(c4ccccc4)C(=O)C3N1C2c1ccc(O)cc1. The van der Waals surface area contributed by atoms with Crippen LogP contribution in [0.3, 0.4) is 0 Å². The molecular weight excluding hydrogens is 560 g/mol. The van der Waals surface area contributed by atoms with Crippen LogP contribution in [0.25, 0.3) is 0 Å². The number of nitrogens with zero attached hydrogens (tertiary/aromatic N) is 4. The van der Waals surface area contributed by atoms with Crippen LogP contribution in [0.15, 0.2) is 109 Å². The lowest BCUT2D eigenvalue weighted by molar-refractivity contribution is -0.136. The standard InChI is InChI=1S/C34H26N4O6/c39-23-15-11-19(12-16-23)27-25-29(33(43)35(31(25)41)21-7-3-1-4-8-21)37-28(20-13-17-24(40)18-14-20)26-30(38(27)37)34(44)36(32(26)42)22-9-5-2-6-10-22/h1-18,25-30,39-40H. The number of para-hydroxylation sites is 2. The van der Waals surface area contributed by atoms with Gasteiger partial charge in [-0.3, -0.25) is 19.2 Å². The summed E-state index contributed by atoms with van der Waals surface area (Å²) in [6, 6.07) is 26.6. The highest BCUT2D eigenvalue weighted by Crippen LogP contribution is 2.59. The molecule has 0 aliphatic carbocycles. The number of rotatable bonds is 4. The number of hydrogen-bond donors (Lipinski definition) is 2. The molecule has 2 N–H and O–H groups in total. The van der Waals surface area contributed by atoms with Gasteiger partial charge in [-0.1, -0.05) is 60.7 Å². The molecule has 0 aromatic heterocycles. The number of amides is 4. The summed E-state index contributed by atoms with van der Waals surface area (Å²) in [5, 5.41) is 23.7. The van der Waals surface area contributed by atoms with E-state index in [4.69, 9.17) is 0 Å². The van der Waals surface area contributed by atoms with Gasteiger partial charge >= 0.3 is 0 Å². The molecule has 4 aromatic rings. The molecule has 218 valence electrons. The fourth-order valence-corrected chi connectivity index (χ4v) is 7.50. The highest BCUT2D eigenvalue weighted by molar-refractivity contribution is 6.26. The quantitative estimate of drug-likeness (QED) is 0.349. The van der Waals surface area contributed by atoms with Crippen molar-refractivity contribution in [2.75, 3.05) is 9.80 Å². The Kier molecular flexibility index (Phi) is 5.74. The molecule has 4 aliphatic rings. The molecule has 8 rings (SSSR count). The number of anilines is 2. The number of phenols is 2. The van der Waals surface area contributed by atoms with Crippen molar-refractivity contribution in [1.82, 2.24) is 10.0 Å². The Balaban J connectivity index is 1.34. The Labute approximate surface area is 251 Å². The second-order valence-electron chi connectivity index (χ2n) is 11.5. The lowest BCUT2D eigenvalue weighted by Crippen LogP contribution is -2.50. The van der Waals surface area contributed by atoms with Crippen LogP contribution in [0.5, 0.6) is 11.5 Å². The van der Waals surface area contributed by atoms with Gasteiger partial charge in [0.25, 0.3) is 11.8 Å². The number of hydrazine groups is 1. The van der Waals surface area contributed by atoms with E-state index in [-0.39, 0.29) is 11.5 Å². The van der Waals surface area contributed by atoms with Crippen molar-refractivity contribution in [3.8, 4) is 11.5 Å². The fraction of sp³-hybridized carbons (Fsp3) is 0.176. The average molecular weight is 587 g/mol. The van der Waals surface area contributed by atoms with E-state index in [0.29, 0.717) is 22.5 Å². The van der Waals surface area contributed by atoms with Crippen molar-refractivity contribution in [3.63, 3.8) is 0 Å². The number of fused-ring (bicyclic) bond motifs is 5. The van der Waals surface area contributed by atoms with E-state index >= 15 is 0 Å². The fourth-order valence-electron chi connectivity index (χ4n) is 7.50. The second-order valence-corrected chi connectivity index (χ2v) is 11.5. The molecule has 44 heavy (non-hydrogen) atoms. The molecule has 4 aliphatic heterocycles. The minimum absolute atomic E-state index is 0.0310. The van der Waals surface area contributed by atoms with Crippen molar-refractivity contribution in [2.45, 2.75) is 24.2 Å². The molecule has 4 aromatic carbocycles. The third-order valence-electron chi connectivity index (χ3n) is 9.22. The summed E-state index contributed by atoms with van der Waals surface area (Å²) in [5.74, 6) is -3.44. The van der Waals surface area contributed by atoms with Gasteiger partial charge in [0.05, 0.1) is 35.3 Å². The summed E-state index contributed by atoms with van der Waals surface area (Å²) < 4.78 is 0. The molecule has 6 atom stereocenters. The maximum atomic E-state index is 14.3. The summed E-state index contributed by atoms with van der Waals surface area (Å²) in [6.07, 6.45) is 0. The Morgan fingerprint density at radius 3 is 1.09 bits per heavy atom. The Bertz CT molecular complexity index is 1680. The highest BCUT2D eigenvalue weighted by atomic mass is 16.3. The van der Waals surface area contributed by atoms with Gasteiger partial charge < -0.3 is 10.2 Å². The Morgan fingerprint density at radius 1 is 0.409 bits per heavy atom. The van der Waals surface area contributed by atoms with E-state index in [1.807, 2.05) is 0 Å². The van der Waals surface area contributed by atoms with Crippen LogP contribution < -0.4 is 9.80 Å². The zero-order chi connectivity index (χ0) is 30.3. The predicted molar refractivity (Wildman–Crippen MR) is 158 cm³/mol. The molecule has 10 heteroatoms. The first-order valence-corrected chi connectivity index (χ1v) is 14.4. The lowest BCUT2D eigenvalue weighted by atomic mass is 9.84. The monoisotopic (exact) mass is 586 g/mol. The summed E-state index contributed by atoms with van der Waals surface area (Å²) in [4.78, 5) is 59.7. The molecule has 6 unspecified atom stereocenters. The molecule has 4 saturated heterocycles. The largest absolute Gasteiger partial charge is 0.508 e. The molecule has 10 nitrogen and oxygen atoms in total. The smallest absolute Gasteiger partial charge is 0.253 e. The summed E-state index contributed by atoms with van der Waals surface area (Å²) in [7, 11) is 0. The zero-order valence-electron chi connectivity index (χ0n) is 23.2. The van der Waals surface area contributed by atoms with Crippen LogP contribution in [0.1, 0.15) is 23.2 Å². The van der Waals surface area contributed by atoms with Crippen LogP contribution in [-0.4, -0.2) is 55.9 Å². The average Bonchev–Trinajstić information content (AvgIpc) is 3.70. The van der Waals surface area contributed by atoms with Crippen LogP contribution >= 0.6 is 0 Å². The van der Waals surface area contributed by atoms with Gasteiger partial charge in [0.2, 0.25) is 11.8 Å². The molecular formula is C34H26N4O6. The first kappa shape index (κ1) is 26.3. The molecule has 4 fully saturated rings. The van der Waals surface area contributed by atoms with Crippen LogP contribution in [-0.2, 0) is 19.2 Å². The number of aromatic hydroxyl groups is 2. The molecule has 0 bridgehead atoms. The van der Waals surface area contributed by atoms with Gasteiger partial charge in [-0.2, -0.15) is 0 Å². The van der Waals surface area contributed by atoms with E-state index in [9.17, 15) is 29.4 Å². The summed E-state index contributed by atoms with van der Waals surface area (Å²) in [6.45, 7) is 0. The van der Waals surface area contributed by atoms with Gasteiger partial charge in [-0.15, -0.1) is 0 Å². The normalized spacial score (nSPS) is 28.1. The minimum Gasteiger partial charge on any atom is -0.508 e. The molecule has 0 radical (unpaired) electrons. The van der Waals surface area contributed by atoms with Crippen LogP contribution in [0, 0.1) is 11.8 Å². The number of carbonyl (C=O) groups excluding carboxylic acids is 4. The van der Waals surface area contributed by atoms with Gasteiger partial charge in [0.1, 0.15) is 23.6 Å². The lowest BCUT2D eigenvalue weighted by Gasteiger charge is -2.35. The van der Waals surface area contributed by atoms with Gasteiger partial charge in [0, 0.05) is 0 Å². The van der Waals surface area contributed by atoms with E-state index in [0.717, 1.165) is 0 Å². The summed E-state index contributed by atoms with van der Waals surface area (Å²) >= 11 is 0. The Hall–Kier alpha value is -5.32. The van der Waals surface area contributed by atoms with Crippen molar-refractivity contribution >= 4 is 35.0 Å². The molecule has 4 amide bonds. The van der Waals surface area contributed by atoms with Crippen molar-refractivity contribution in [1.29, 1.82) is 0 Å². The first-order valence-electron chi connectivity index (χ1n) is 14.4. The second kappa shape index (κ2) is 9.60. The maximum Gasteiger partial charge on any atom is 0.253 e. The van der Waals surface area contributed by atoms with Crippen molar-refractivity contribution < 1.29 is 29.4 Å².